The summed E-state index contributed by atoms with van der Waals surface area (Å²) in [5.41, 5.74) is -0.756. The third kappa shape index (κ3) is 4.23. The Labute approximate surface area is 125 Å². The Hall–Kier alpha value is -1.04. The second kappa shape index (κ2) is 7.11. The van der Waals surface area contributed by atoms with E-state index in [1.165, 1.54) is 12.1 Å². The summed E-state index contributed by atoms with van der Waals surface area (Å²) in [6.45, 7) is 4.86. The number of benzene rings is 1. The molecule has 112 valence electrons. The van der Waals surface area contributed by atoms with Crippen molar-refractivity contribution >= 4 is 21.8 Å². The van der Waals surface area contributed by atoms with Crippen molar-refractivity contribution in [3.63, 3.8) is 0 Å². The Balaban J connectivity index is 3.04. The molecule has 1 aromatic carbocycles. The lowest BCUT2D eigenvalue weighted by Gasteiger charge is -2.21. The number of nitrogens with zero attached hydrogens (tertiary/aromatic N) is 1. The second-order valence-corrected chi connectivity index (χ2v) is 5.29. The van der Waals surface area contributed by atoms with E-state index in [-0.39, 0.29) is 15.9 Å². The Kier molecular flexibility index (Phi) is 6.05. The molecule has 20 heavy (non-hydrogen) atoms. The van der Waals surface area contributed by atoms with Gasteiger partial charge in [0.2, 0.25) is 0 Å². The lowest BCUT2D eigenvalue weighted by molar-refractivity contribution is -0.138. The molecule has 0 saturated carbocycles. The summed E-state index contributed by atoms with van der Waals surface area (Å²) in [5, 5.41) is 0. The van der Waals surface area contributed by atoms with Gasteiger partial charge < -0.3 is 4.90 Å². The van der Waals surface area contributed by atoms with Gasteiger partial charge in [-0.2, -0.15) is 13.2 Å². The fourth-order valence-electron chi connectivity index (χ4n) is 1.81. The first-order valence-electron chi connectivity index (χ1n) is 6.47. The standard InChI is InChI=1S/C14H17BrF3NO/c1-3-5-8-19(4-2)13(20)10-6-7-12(15)11(9-10)14(16,17)18/h6-7,9H,3-5,8H2,1-2H3. The van der Waals surface area contributed by atoms with Crippen molar-refractivity contribution in [2.45, 2.75) is 32.9 Å². The molecular weight excluding hydrogens is 335 g/mol. The topological polar surface area (TPSA) is 20.3 Å². The summed E-state index contributed by atoms with van der Waals surface area (Å²) >= 11 is 2.87. The molecule has 0 aromatic heterocycles. The number of hydrogen-bond acceptors (Lipinski definition) is 1. The molecule has 2 nitrogen and oxygen atoms in total. The smallest absolute Gasteiger partial charge is 0.339 e. The fourth-order valence-corrected chi connectivity index (χ4v) is 2.28. The van der Waals surface area contributed by atoms with Crippen LogP contribution < -0.4 is 0 Å². The molecule has 0 aliphatic rings. The minimum absolute atomic E-state index is 0.0573. The lowest BCUT2D eigenvalue weighted by atomic mass is 10.1. The van der Waals surface area contributed by atoms with Crippen LogP contribution in [0.3, 0.4) is 0 Å². The predicted molar refractivity (Wildman–Crippen MR) is 75.6 cm³/mol. The zero-order valence-electron chi connectivity index (χ0n) is 11.4. The molecule has 0 heterocycles. The number of hydrogen-bond donors (Lipinski definition) is 0. The SMILES string of the molecule is CCCCN(CC)C(=O)c1ccc(Br)c(C(F)(F)F)c1. The molecule has 0 bridgehead atoms. The molecule has 0 aliphatic heterocycles. The van der Waals surface area contributed by atoms with Gasteiger partial charge in [0, 0.05) is 23.1 Å². The molecular formula is C14H17BrF3NO. The molecule has 1 rings (SSSR count). The molecule has 0 N–H and O–H groups in total. The summed E-state index contributed by atoms with van der Waals surface area (Å²) in [6, 6.07) is 3.58. The van der Waals surface area contributed by atoms with Crippen molar-refractivity contribution in [3.8, 4) is 0 Å². The maximum Gasteiger partial charge on any atom is 0.417 e. The van der Waals surface area contributed by atoms with Crippen LogP contribution in [-0.2, 0) is 6.18 Å². The molecule has 0 atom stereocenters. The molecule has 0 saturated heterocycles. The fraction of sp³-hybridized carbons (Fsp3) is 0.500. The first-order valence-corrected chi connectivity index (χ1v) is 7.26. The largest absolute Gasteiger partial charge is 0.417 e. The number of unbranched alkanes of at least 4 members (excludes halogenated alkanes) is 1. The van der Waals surface area contributed by atoms with E-state index in [0.29, 0.717) is 13.1 Å². The van der Waals surface area contributed by atoms with Gasteiger partial charge in [0.15, 0.2) is 0 Å². The van der Waals surface area contributed by atoms with Gasteiger partial charge in [-0.1, -0.05) is 29.3 Å². The number of halogens is 4. The van der Waals surface area contributed by atoms with Crippen molar-refractivity contribution < 1.29 is 18.0 Å². The first kappa shape index (κ1) is 17.0. The highest BCUT2D eigenvalue weighted by Gasteiger charge is 2.33. The minimum Gasteiger partial charge on any atom is -0.339 e. The van der Waals surface area contributed by atoms with Gasteiger partial charge in [0.05, 0.1) is 5.56 Å². The molecule has 0 radical (unpaired) electrons. The summed E-state index contributed by atoms with van der Waals surface area (Å²) in [6.07, 6.45) is -2.71. The van der Waals surface area contributed by atoms with Gasteiger partial charge in [0.25, 0.3) is 5.91 Å². The molecule has 0 fully saturated rings. The third-order valence-electron chi connectivity index (χ3n) is 2.97. The van der Waals surface area contributed by atoms with Crippen molar-refractivity contribution in [2.75, 3.05) is 13.1 Å². The quantitative estimate of drug-likeness (QED) is 0.750. The number of carbonyl (C=O) groups is 1. The van der Waals surface area contributed by atoms with E-state index in [2.05, 4.69) is 15.9 Å². The van der Waals surface area contributed by atoms with Gasteiger partial charge in [-0.3, -0.25) is 4.79 Å². The highest BCUT2D eigenvalue weighted by Crippen LogP contribution is 2.35. The zero-order valence-corrected chi connectivity index (χ0v) is 13.0. The summed E-state index contributed by atoms with van der Waals surface area (Å²) < 4.78 is 38.4. The molecule has 0 spiro atoms. The average Bonchev–Trinajstić information content (AvgIpc) is 2.38. The molecule has 0 aliphatic carbocycles. The molecule has 1 aromatic rings. The van der Waals surface area contributed by atoms with Crippen LogP contribution in [0.5, 0.6) is 0 Å². The molecule has 6 heteroatoms. The van der Waals surface area contributed by atoms with E-state index in [9.17, 15) is 18.0 Å². The summed E-state index contributed by atoms with van der Waals surface area (Å²) in [4.78, 5) is 13.8. The van der Waals surface area contributed by atoms with Crippen molar-refractivity contribution in [3.05, 3.63) is 33.8 Å². The van der Waals surface area contributed by atoms with Gasteiger partial charge in [-0.25, -0.2) is 0 Å². The van der Waals surface area contributed by atoms with Crippen molar-refractivity contribution in [2.24, 2.45) is 0 Å². The van der Waals surface area contributed by atoms with Gasteiger partial charge in [-0.05, 0) is 31.5 Å². The van der Waals surface area contributed by atoms with E-state index in [4.69, 9.17) is 0 Å². The number of amides is 1. The van der Waals surface area contributed by atoms with E-state index < -0.39 is 11.7 Å². The first-order chi connectivity index (χ1) is 9.31. The van der Waals surface area contributed by atoms with Crippen LogP contribution in [0.25, 0.3) is 0 Å². The zero-order chi connectivity index (χ0) is 15.3. The maximum absolute atomic E-state index is 12.8. The van der Waals surface area contributed by atoms with E-state index in [0.717, 1.165) is 18.9 Å². The van der Waals surface area contributed by atoms with E-state index in [1.807, 2.05) is 13.8 Å². The normalized spacial score (nSPS) is 11.5. The highest BCUT2D eigenvalue weighted by molar-refractivity contribution is 9.10. The maximum atomic E-state index is 12.8. The highest BCUT2D eigenvalue weighted by atomic mass is 79.9. The number of carbonyl (C=O) groups excluding carboxylic acids is 1. The van der Waals surface area contributed by atoms with Gasteiger partial charge >= 0.3 is 6.18 Å². The van der Waals surface area contributed by atoms with Crippen molar-refractivity contribution in [1.82, 2.24) is 4.90 Å². The van der Waals surface area contributed by atoms with Crippen LogP contribution in [0.2, 0.25) is 0 Å². The second-order valence-electron chi connectivity index (χ2n) is 4.43. The van der Waals surface area contributed by atoms with E-state index >= 15 is 0 Å². The van der Waals surface area contributed by atoms with Crippen LogP contribution in [0.4, 0.5) is 13.2 Å². The number of rotatable bonds is 5. The summed E-state index contributed by atoms with van der Waals surface area (Å²) in [5.74, 6) is -0.362. The Morgan fingerprint density at radius 1 is 1.30 bits per heavy atom. The Morgan fingerprint density at radius 2 is 1.95 bits per heavy atom. The Bertz CT molecular complexity index is 474. The van der Waals surface area contributed by atoms with Crippen LogP contribution in [0.1, 0.15) is 42.6 Å². The van der Waals surface area contributed by atoms with Crippen LogP contribution in [-0.4, -0.2) is 23.9 Å². The third-order valence-corrected chi connectivity index (χ3v) is 3.66. The van der Waals surface area contributed by atoms with Crippen LogP contribution in [0, 0.1) is 0 Å². The van der Waals surface area contributed by atoms with Crippen molar-refractivity contribution in [1.29, 1.82) is 0 Å². The van der Waals surface area contributed by atoms with E-state index in [1.54, 1.807) is 4.90 Å². The minimum atomic E-state index is -4.48. The molecule has 0 unspecified atom stereocenters. The summed E-state index contributed by atoms with van der Waals surface area (Å²) in [7, 11) is 0. The lowest BCUT2D eigenvalue weighted by Crippen LogP contribution is -2.32. The monoisotopic (exact) mass is 351 g/mol. The average molecular weight is 352 g/mol. The Morgan fingerprint density at radius 3 is 2.45 bits per heavy atom. The van der Waals surface area contributed by atoms with Crippen LogP contribution in [0.15, 0.2) is 22.7 Å². The van der Waals surface area contributed by atoms with Gasteiger partial charge in [-0.15, -0.1) is 0 Å². The van der Waals surface area contributed by atoms with Crippen LogP contribution >= 0.6 is 15.9 Å². The van der Waals surface area contributed by atoms with Gasteiger partial charge in [0.1, 0.15) is 0 Å². The predicted octanol–water partition coefficient (Wildman–Crippen LogP) is 4.73. The number of alkyl halides is 3. The molecule has 1 amide bonds.